The Morgan fingerprint density at radius 2 is 2.21 bits per heavy atom. The molecule has 1 fully saturated rings. The lowest BCUT2D eigenvalue weighted by molar-refractivity contribution is -0.00542. The number of nitrogens with one attached hydrogen (secondary N) is 1. The Balaban J connectivity index is 1.92. The van der Waals surface area contributed by atoms with E-state index in [0.717, 1.165) is 12.8 Å². The number of carbonyl (C=O) groups excluding carboxylic acids is 1. The monoisotopic (exact) mass is 264 g/mol. The van der Waals surface area contributed by atoms with Crippen molar-refractivity contribution in [3.8, 4) is 5.75 Å². The molecule has 0 saturated heterocycles. The summed E-state index contributed by atoms with van der Waals surface area (Å²) in [5.74, 6) is 0.108. The second kappa shape index (κ2) is 5.57. The van der Waals surface area contributed by atoms with E-state index in [2.05, 4.69) is 17.2 Å². The topological polar surface area (TPSA) is 82.5 Å². The van der Waals surface area contributed by atoms with Gasteiger partial charge in [-0.25, -0.2) is 0 Å². The zero-order valence-corrected chi connectivity index (χ0v) is 11.1. The summed E-state index contributed by atoms with van der Waals surface area (Å²) in [6, 6.07) is 1.46. The quantitative estimate of drug-likeness (QED) is 0.772. The number of aliphatic hydroxyl groups is 1. The molecule has 19 heavy (non-hydrogen) atoms. The molecule has 0 bridgehead atoms. The largest absolute Gasteiger partial charge is 0.505 e. The summed E-state index contributed by atoms with van der Waals surface area (Å²) in [5, 5.41) is 22.6. The molecule has 3 N–H and O–H groups in total. The zero-order valence-electron chi connectivity index (χ0n) is 11.1. The molecular weight excluding hydrogens is 244 g/mol. The molecule has 0 atom stereocenters. The van der Waals surface area contributed by atoms with Crippen LogP contribution in [0.2, 0.25) is 0 Å². The van der Waals surface area contributed by atoms with E-state index < -0.39 is 5.60 Å². The fraction of sp³-hybridized carbons (Fsp3) is 0.571. The first-order valence-electron chi connectivity index (χ1n) is 6.64. The number of aromatic nitrogens is 1. The van der Waals surface area contributed by atoms with Crippen molar-refractivity contribution in [2.45, 2.75) is 38.2 Å². The van der Waals surface area contributed by atoms with Crippen molar-refractivity contribution >= 4 is 5.91 Å². The first-order chi connectivity index (χ1) is 9.00. The Bertz CT molecular complexity index is 454. The van der Waals surface area contributed by atoms with Crippen molar-refractivity contribution < 1.29 is 15.0 Å². The van der Waals surface area contributed by atoms with E-state index in [4.69, 9.17) is 0 Å². The van der Waals surface area contributed by atoms with Crippen LogP contribution in [-0.2, 0) is 0 Å². The lowest BCUT2D eigenvalue weighted by atomic mass is 9.79. The number of amides is 1. The van der Waals surface area contributed by atoms with Gasteiger partial charge in [-0.3, -0.25) is 9.78 Å². The van der Waals surface area contributed by atoms with Gasteiger partial charge in [0.15, 0.2) is 0 Å². The predicted octanol–water partition coefficient (Wildman–Crippen LogP) is 1.46. The maximum atomic E-state index is 11.9. The van der Waals surface area contributed by atoms with Crippen molar-refractivity contribution in [2.75, 3.05) is 6.54 Å². The van der Waals surface area contributed by atoms with Gasteiger partial charge in [0, 0.05) is 12.7 Å². The third kappa shape index (κ3) is 3.44. The Morgan fingerprint density at radius 1 is 1.53 bits per heavy atom. The number of rotatable bonds is 3. The molecule has 0 spiro atoms. The molecule has 1 aliphatic rings. The Morgan fingerprint density at radius 3 is 2.84 bits per heavy atom. The maximum Gasteiger partial charge on any atom is 0.255 e. The van der Waals surface area contributed by atoms with Gasteiger partial charge in [0.25, 0.3) is 5.91 Å². The van der Waals surface area contributed by atoms with Crippen molar-refractivity contribution in [3.63, 3.8) is 0 Å². The summed E-state index contributed by atoms with van der Waals surface area (Å²) >= 11 is 0. The highest BCUT2D eigenvalue weighted by atomic mass is 16.3. The normalized spacial score (nSPS) is 26.9. The van der Waals surface area contributed by atoms with E-state index in [1.165, 1.54) is 18.5 Å². The number of hydrogen-bond acceptors (Lipinski definition) is 4. The van der Waals surface area contributed by atoms with Gasteiger partial charge in [0.2, 0.25) is 0 Å². The van der Waals surface area contributed by atoms with Gasteiger partial charge >= 0.3 is 0 Å². The first-order valence-corrected chi connectivity index (χ1v) is 6.64. The summed E-state index contributed by atoms with van der Waals surface area (Å²) < 4.78 is 0. The molecule has 2 rings (SSSR count). The summed E-state index contributed by atoms with van der Waals surface area (Å²) in [5.41, 5.74) is -0.632. The minimum atomic E-state index is -0.815. The van der Waals surface area contributed by atoms with Gasteiger partial charge in [0.05, 0.1) is 17.4 Å². The number of pyridine rings is 1. The van der Waals surface area contributed by atoms with Gasteiger partial charge in [0.1, 0.15) is 5.75 Å². The highest BCUT2D eigenvalue weighted by Gasteiger charge is 2.32. The molecule has 1 saturated carbocycles. The number of carbonyl (C=O) groups is 1. The lowest BCUT2D eigenvalue weighted by Crippen LogP contribution is -2.45. The van der Waals surface area contributed by atoms with Crippen LogP contribution in [0.5, 0.6) is 5.75 Å². The molecule has 1 aliphatic carbocycles. The van der Waals surface area contributed by atoms with Gasteiger partial charge in [-0.2, -0.15) is 0 Å². The molecule has 1 amide bonds. The molecule has 0 unspecified atom stereocenters. The average Bonchev–Trinajstić information content (AvgIpc) is 2.41. The van der Waals surface area contributed by atoms with Crippen molar-refractivity contribution in [2.24, 2.45) is 5.92 Å². The lowest BCUT2D eigenvalue weighted by Gasteiger charge is -2.34. The van der Waals surface area contributed by atoms with E-state index in [-0.39, 0.29) is 23.8 Å². The van der Waals surface area contributed by atoms with E-state index in [1.807, 2.05) is 0 Å². The minimum Gasteiger partial charge on any atom is -0.505 e. The molecule has 1 heterocycles. The van der Waals surface area contributed by atoms with E-state index in [0.29, 0.717) is 18.8 Å². The van der Waals surface area contributed by atoms with Gasteiger partial charge in [-0.05, 0) is 37.7 Å². The molecule has 0 aliphatic heterocycles. The summed E-state index contributed by atoms with van der Waals surface area (Å²) in [6.45, 7) is 2.40. The van der Waals surface area contributed by atoms with Crippen LogP contribution in [0.3, 0.4) is 0 Å². The van der Waals surface area contributed by atoms with E-state index in [1.54, 1.807) is 0 Å². The molecule has 1 aromatic heterocycles. The third-order valence-electron chi connectivity index (χ3n) is 3.83. The van der Waals surface area contributed by atoms with Gasteiger partial charge < -0.3 is 15.5 Å². The standard InChI is InChI=1S/C14H20N2O3/c1-10-2-5-14(19,6-3-10)9-16-13(18)11-4-7-15-8-12(11)17/h4,7-8,10,17,19H,2-3,5-6,9H2,1H3,(H,16,18). The number of hydrogen-bond donors (Lipinski definition) is 3. The Labute approximate surface area is 112 Å². The second-order valence-corrected chi connectivity index (χ2v) is 5.48. The number of nitrogens with zero attached hydrogens (tertiary/aromatic N) is 1. The summed E-state index contributed by atoms with van der Waals surface area (Å²) in [6.07, 6.45) is 6.05. The first kappa shape index (κ1) is 13.8. The average molecular weight is 264 g/mol. The molecule has 104 valence electrons. The Kier molecular flexibility index (Phi) is 4.04. The molecule has 5 heteroatoms. The fourth-order valence-electron chi connectivity index (χ4n) is 2.39. The maximum absolute atomic E-state index is 11.9. The molecule has 0 aromatic carbocycles. The van der Waals surface area contributed by atoms with Crippen LogP contribution in [0.15, 0.2) is 18.5 Å². The van der Waals surface area contributed by atoms with Gasteiger partial charge in [-0.1, -0.05) is 6.92 Å². The molecule has 5 nitrogen and oxygen atoms in total. The van der Waals surface area contributed by atoms with E-state index in [9.17, 15) is 15.0 Å². The zero-order chi connectivity index (χ0) is 13.9. The van der Waals surface area contributed by atoms with Crippen LogP contribution < -0.4 is 5.32 Å². The van der Waals surface area contributed by atoms with Crippen LogP contribution in [0.25, 0.3) is 0 Å². The van der Waals surface area contributed by atoms with Gasteiger partial charge in [-0.15, -0.1) is 0 Å². The third-order valence-corrected chi connectivity index (χ3v) is 3.83. The number of aromatic hydroxyl groups is 1. The van der Waals surface area contributed by atoms with Crippen LogP contribution in [-0.4, -0.2) is 33.3 Å². The molecule has 1 aromatic rings. The van der Waals surface area contributed by atoms with Crippen molar-refractivity contribution in [3.05, 3.63) is 24.0 Å². The van der Waals surface area contributed by atoms with Crippen LogP contribution in [0.4, 0.5) is 0 Å². The van der Waals surface area contributed by atoms with Crippen LogP contribution in [0.1, 0.15) is 43.0 Å². The van der Waals surface area contributed by atoms with Crippen molar-refractivity contribution in [1.82, 2.24) is 10.3 Å². The highest BCUT2D eigenvalue weighted by molar-refractivity contribution is 5.96. The second-order valence-electron chi connectivity index (χ2n) is 5.48. The smallest absolute Gasteiger partial charge is 0.255 e. The predicted molar refractivity (Wildman–Crippen MR) is 70.8 cm³/mol. The van der Waals surface area contributed by atoms with E-state index >= 15 is 0 Å². The SMILES string of the molecule is CC1CCC(O)(CNC(=O)c2ccncc2O)CC1. The minimum absolute atomic E-state index is 0.149. The summed E-state index contributed by atoms with van der Waals surface area (Å²) in [4.78, 5) is 15.6. The van der Waals surface area contributed by atoms with Crippen LogP contribution in [0, 0.1) is 5.92 Å². The molecular formula is C14H20N2O3. The fourth-order valence-corrected chi connectivity index (χ4v) is 2.39. The highest BCUT2D eigenvalue weighted by Crippen LogP contribution is 2.31. The molecule has 0 radical (unpaired) electrons. The summed E-state index contributed by atoms with van der Waals surface area (Å²) in [7, 11) is 0. The Hall–Kier alpha value is -1.62. The van der Waals surface area contributed by atoms with Crippen LogP contribution >= 0.6 is 0 Å². The van der Waals surface area contributed by atoms with Crippen molar-refractivity contribution in [1.29, 1.82) is 0 Å².